The predicted octanol–water partition coefficient (Wildman–Crippen LogP) is 1.43. The lowest BCUT2D eigenvalue weighted by Gasteiger charge is -2.15. The fourth-order valence-corrected chi connectivity index (χ4v) is 1.17. The molecule has 0 aliphatic carbocycles. The quantitative estimate of drug-likeness (QED) is 0.800. The zero-order valence-corrected chi connectivity index (χ0v) is 9.32. The molecule has 2 N–H and O–H groups in total. The van der Waals surface area contributed by atoms with E-state index in [1.54, 1.807) is 14.2 Å². The summed E-state index contributed by atoms with van der Waals surface area (Å²) in [5, 5.41) is 0. The Labute approximate surface area is 89.9 Å². The first-order valence-electron chi connectivity index (χ1n) is 4.78. The molecule has 0 saturated carbocycles. The van der Waals surface area contributed by atoms with Gasteiger partial charge in [-0.1, -0.05) is 6.07 Å². The minimum atomic E-state index is -0.0281. The molecule has 0 radical (unpaired) electrons. The number of para-hydroxylation sites is 1. The monoisotopic (exact) mass is 211 g/mol. The van der Waals surface area contributed by atoms with E-state index in [1.807, 2.05) is 25.1 Å². The first-order chi connectivity index (χ1) is 7.19. The van der Waals surface area contributed by atoms with E-state index in [-0.39, 0.29) is 6.04 Å². The summed E-state index contributed by atoms with van der Waals surface area (Å²) in [5.74, 6) is 1.89. The van der Waals surface area contributed by atoms with Gasteiger partial charge in [-0.05, 0) is 19.1 Å². The van der Waals surface area contributed by atoms with E-state index in [9.17, 15) is 0 Å². The Kier molecular flexibility index (Phi) is 4.24. The van der Waals surface area contributed by atoms with E-state index in [0.29, 0.717) is 23.9 Å². The van der Waals surface area contributed by atoms with Crippen LogP contribution < -0.4 is 19.9 Å². The van der Waals surface area contributed by atoms with Crippen molar-refractivity contribution < 1.29 is 14.2 Å². The normalized spacial score (nSPS) is 12.0. The molecule has 1 aromatic rings. The lowest BCUT2D eigenvalue weighted by molar-refractivity contribution is 0.261. The summed E-state index contributed by atoms with van der Waals surface area (Å²) in [6, 6.07) is 5.45. The average Bonchev–Trinajstić information content (AvgIpc) is 2.25. The smallest absolute Gasteiger partial charge is 0.203 e. The van der Waals surface area contributed by atoms with Crippen LogP contribution in [0, 0.1) is 0 Å². The van der Waals surface area contributed by atoms with Gasteiger partial charge in [0.05, 0.1) is 14.2 Å². The third kappa shape index (κ3) is 3.02. The summed E-state index contributed by atoms with van der Waals surface area (Å²) in [6.45, 7) is 2.30. The van der Waals surface area contributed by atoms with Crippen LogP contribution >= 0.6 is 0 Å². The second kappa shape index (κ2) is 5.46. The maximum atomic E-state index is 5.62. The molecule has 1 aromatic carbocycles. The molecular weight excluding hydrogens is 194 g/mol. The fraction of sp³-hybridized carbons (Fsp3) is 0.455. The first kappa shape index (κ1) is 11.7. The molecule has 0 unspecified atom stereocenters. The molecule has 15 heavy (non-hydrogen) atoms. The van der Waals surface area contributed by atoms with Gasteiger partial charge in [0.1, 0.15) is 6.61 Å². The largest absolute Gasteiger partial charge is 0.493 e. The highest BCUT2D eigenvalue weighted by atomic mass is 16.5. The second-order valence-electron chi connectivity index (χ2n) is 3.28. The molecule has 0 aromatic heterocycles. The van der Waals surface area contributed by atoms with Crippen molar-refractivity contribution in [2.45, 2.75) is 13.0 Å². The molecule has 84 valence electrons. The zero-order valence-electron chi connectivity index (χ0n) is 9.32. The summed E-state index contributed by atoms with van der Waals surface area (Å²) in [4.78, 5) is 0. The molecule has 0 fully saturated rings. The second-order valence-corrected chi connectivity index (χ2v) is 3.28. The highest BCUT2D eigenvalue weighted by Crippen LogP contribution is 2.36. The molecule has 0 aliphatic rings. The maximum Gasteiger partial charge on any atom is 0.203 e. The number of hydrogen-bond donors (Lipinski definition) is 1. The number of hydrogen-bond acceptors (Lipinski definition) is 4. The topological polar surface area (TPSA) is 53.7 Å². The standard InChI is InChI=1S/C11H17NO3/c1-8(12)7-15-11-9(13-2)5-4-6-10(11)14-3/h4-6,8H,7,12H2,1-3H3/t8-/m1/s1. The van der Waals surface area contributed by atoms with Crippen molar-refractivity contribution in [3.05, 3.63) is 18.2 Å². The van der Waals surface area contributed by atoms with Crippen molar-refractivity contribution in [2.24, 2.45) is 5.73 Å². The van der Waals surface area contributed by atoms with Gasteiger partial charge in [0.25, 0.3) is 0 Å². The van der Waals surface area contributed by atoms with E-state index >= 15 is 0 Å². The average molecular weight is 211 g/mol. The Morgan fingerprint density at radius 3 is 2.13 bits per heavy atom. The van der Waals surface area contributed by atoms with E-state index in [4.69, 9.17) is 19.9 Å². The molecule has 0 bridgehead atoms. The Bertz CT molecular complexity index is 290. The van der Waals surface area contributed by atoms with Gasteiger partial charge in [-0.15, -0.1) is 0 Å². The SMILES string of the molecule is COc1cccc(OC)c1OC[C@@H](C)N. The number of rotatable bonds is 5. The van der Waals surface area contributed by atoms with E-state index in [1.165, 1.54) is 0 Å². The summed E-state index contributed by atoms with van der Waals surface area (Å²) in [6.07, 6.45) is 0. The Morgan fingerprint density at radius 1 is 1.20 bits per heavy atom. The molecule has 0 amide bonds. The lowest BCUT2D eigenvalue weighted by atomic mass is 10.3. The van der Waals surface area contributed by atoms with Gasteiger partial charge < -0.3 is 19.9 Å². The summed E-state index contributed by atoms with van der Waals surface area (Å²) in [5.41, 5.74) is 5.62. The van der Waals surface area contributed by atoms with Gasteiger partial charge in [-0.2, -0.15) is 0 Å². The number of benzene rings is 1. The summed E-state index contributed by atoms with van der Waals surface area (Å²) < 4.78 is 15.9. The minimum absolute atomic E-state index is 0.0281. The first-order valence-corrected chi connectivity index (χ1v) is 4.78. The molecule has 4 nitrogen and oxygen atoms in total. The Morgan fingerprint density at radius 2 is 1.73 bits per heavy atom. The predicted molar refractivity (Wildman–Crippen MR) is 58.7 cm³/mol. The fourth-order valence-electron chi connectivity index (χ4n) is 1.17. The van der Waals surface area contributed by atoms with E-state index in [0.717, 1.165) is 0 Å². The van der Waals surface area contributed by atoms with Crippen LogP contribution in [0.3, 0.4) is 0 Å². The van der Waals surface area contributed by atoms with Crippen LogP contribution in [-0.2, 0) is 0 Å². The van der Waals surface area contributed by atoms with Gasteiger partial charge in [0.2, 0.25) is 5.75 Å². The van der Waals surface area contributed by atoms with Gasteiger partial charge in [0, 0.05) is 6.04 Å². The molecule has 0 heterocycles. The molecule has 0 spiro atoms. The van der Waals surface area contributed by atoms with Gasteiger partial charge in [-0.25, -0.2) is 0 Å². The summed E-state index contributed by atoms with van der Waals surface area (Å²) in [7, 11) is 3.18. The molecule has 1 atom stereocenters. The van der Waals surface area contributed by atoms with Crippen LogP contribution in [0.1, 0.15) is 6.92 Å². The van der Waals surface area contributed by atoms with E-state index < -0.39 is 0 Å². The zero-order chi connectivity index (χ0) is 11.3. The van der Waals surface area contributed by atoms with Crippen molar-refractivity contribution in [2.75, 3.05) is 20.8 Å². The number of ether oxygens (including phenoxy) is 3. The van der Waals surface area contributed by atoms with Crippen LogP contribution in [0.15, 0.2) is 18.2 Å². The van der Waals surface area contributed by atoms with Crippen LogP contribution in [0.5, 0.6) is 17.2 Å². The third-order valence-electron chi connectivity index (χ3n) is 1.87. The highest BCUT2D eigenvalue weighted by molar-refractivity contribution is 5.51. The molecule has 0 aliphatic heterocycles. The third-order valence-corrected chi connectivity index (χ3v) is 1.87. The van der Waals surface area contributed by atoms with Crippen LogP contribution in [0.25, 0.3) is 0 Å². The van der Waals surface area contributed by atoms with Crippen LogP contribution in [0.4, 0.5) is 0 Å². The number of methoxy groups -OCH3 is 2. The van der Waals surface area contributed by atoms with Crippen molar-refractivity contribution >= 4 is 0 Å². The number of nitrogens with two attached hydrogens (primary N) is 1. The highest BCUT2D eigenvalue weighted by Gasteiger charge is 2.11. The van der Waals surface area contributed by atoms with Crippen molar-refractivity contribution in [1.82, 2.24) is 0 Å². The van der Waals surface area contributed by atoms with Gasteiger partial charge >= 0.3 is 0 Å². The van der Waals surface area contributed by atoms with Crippen molar-refractivity contribution in [1.29, 1.82) is 0 Å². The van der Waals surface area contributed by atoms with Gasteiger partial charge in [-0.3, -0.25) is 0 Å². The van der Waals surface area contributed by atoms with Crippen LogP contribution in [0.2, 0.25) is 0 Å². The maximum absolute atomic E-state index is 5.62. The Hall–Kier alpha value is -1.42. The van der Waals surface area contributed by atoms with Gasteiger partial charge in [0.15, 0.2) is 11.5 Å². The van der Waals surface area contributed by atoms with Crippen LogP contribution in [-0.4, -0.2) is 26.9 Å². The molecule has 1 rings (SSSR count). The molecule has 4 heteroatoms. The van der Waals surface area contributed by atoms with E-state index in [2.05, 4.69) is 0 Å². The summed E-state index contributed by atoms with van der Waals surface area (Å²) >= 11 is 0. The Balaban J connectivity index is 2.89. The minimum Gasteiger partial charge on any atom is -0.493 e. The van der Waals surface area contributed by atoms with Crippen molar-refractivity contribution in [3.63, 3.8) is 0 Å². The lowest BCUT2D eigenvalue weighted by Crippen LogP contribution is -2.23. The molecular formula is C11H17NO3. The molecule has 0 saturated heterocycles. The van der Waals surface area contributed by atoms with Crippen molar-refractivity contribution in [3.8, 4) is 17.2 Å².